The van der Waals surface area contributed by atoms with Crippen molar-refractivity contribution in [2.45, 2.75) is 25.6 Å². The standard InChI is InChI=1S/C16H18N2O3/c1-11-6-7-20-15(11)16(19)18-9-14(10-18)21-13-4-2-12(8-17)3-5-13/h2-5,11,14-15H,6-7,9-10H2,1H3/t11-,15+/m1/s1. The molecule has 0 spiro atoms. The highest BCUT2D eigenvalue weighted by Gasteiger charge is 2.40. The molecule has 2 aliphatic rings. The third kappa shape index (κ3) is 2.86. The van der Waals surface area contributed by atoms with Crippen LogP contribution in [0.25, 0.3) is 0 Å². The third-order valence-electron chi connectivity index (χ3n) is 4.08. The number of hydrogen-bond acceptors (Lipinski definition) is 4. The van der Waals surface area contributed by atoms with E-state index in [4.69, 9.17) is 14.7 Å². The highest BCUT2D eigenvalue weighted by molar-refractivity contribution is 5.82. The third-order valence-corrected chi connectivity index (χ3v) is 4.08. The lowest BCUT2D eigenvalue weighted by Gasteiger charge is -2.40. The lowest BCUT2D eigenvalue weighted by atomic mass is 10.0. The average molecular weight is 286 g/mol. The summed E-state index contributed by atoms with van der Waals surface area (Å²) in [6, 6.07) is 9.09. The van der Waals surface area contributed by atoms with E-state index in [0.717, 1.165) is 12.2 Å². The van der Waals surface area contributed by atoms with Crippen LogP contribution < -0.4 is 4.74 Å². The molecule has 2 atom stereocenters. The van der Waals surface area contributed by atoms with Crippen molar-refractivity contribution in [3.63, 3.8) is 0 Å². The lowest BCUT2D eigenvalue weighted by molar-refractivity contribution is -0.151. The molecule has 0 aromatic heterocycles. The zero-order valence-corrected chi connectivity index (χ0v) is 12.0. The molecule has 5 heteroatoms. The Morgan fingerprint density at radius 3 is 2.67 bits per heavy atom. The van der Waals surface area contributed by atoms with E-state index in [1.54, 1.807) is 29.2 Å². The van der Waals surface area contributed by atoms with Gasteiger partial charge in [-0.25, -0.2) is 0 Å². The molecule has 0 unspecified atom stereocenters. The van der Waals surface area contributed by atoms with Crippen molar-refractivity contribution in [1.29, 1.82) is 5.26 Å². The first-order valence-corrected chi connectivity index (χ1v) is 7.24. The number of nitrogens with zero attached hydrogens (tertiary/aromatic N) is 2. The minimum absolute atomic E-state index is 0.0265. The molecule has 1 amide bonds. The summed E-state index contributed by atoms with van der Waals surface area (Å²) in [5.74, 6) is 1.12. The van der Waals surface area contributed by atoms with Gasteiger partial charge in [0.25, 0.3) is 5.91 Å². The van der Waals surface area contributed by atoms with Gasteiger partial charge in [-0.05, 0) is 36.6 Å². The van der Waals surface area contributed by atoms with E-state index in [0.29, 0.717) is 31.2 Å². The maximum Gasteiger partial charge on any atom is 0.252 e. The molecule has 1 aromatic rings. The van der Waals surface area contributed by atoms with Gasteiger partial charge in [0.05, 0.1) is 24.7 Å². The predicted octanol–water partition coefficient (Wildman–Crippen LogP) is 1.57. The van der Waals surface area contributed by atoms with Gasteiger partial charge in [-0.3, -0.25) is 4.79 Å². The van der Waals surface area contributed by atoms with Gasteiger partial charge < -0.3 is 14.4 Å². The summed E-state index contributed by atoms with van der Waals surface area (Å²) in [5, 5.41) is 8.74. The van der Waals surface area contributed by atoms with Crippen molar-refractivity contribution in [1.82, 2.24) is 4.90 Å². The Morgan fingerprint density at radius 2 is 2.10 bits per heavy atom. The second-order valence-corrected chi connectivity index (χ2v) is 5.68. The zero-order chi connectivity index (χ0) is 14.8. The molecule has 21 heavy (non-hydrogen) atoms. The summed E-state index contributed by atoms with van der Waals surface area (Å²) in [6.45, 7) is 3.94. The number of likely N-dealkylation sites (tertiary alicyclic amines) is 1. The summed E-state index contributed by atoms with van der Waals surface area (Å²) in [6.07, 6.45) is 0.703. The first-order chi connectivity index (χ1) is 10.2. The van der Waals surface area contributed by atoms with Crippen molar-refractivity contribution in [3.05, 3.63) is 29.8 Å². The largest absolute Gasteiger partial charge is 0.487 e. The fourth-order valence-corrected chi connectivity index (χ4v) is 2.68. The number of rotatable bonds is 3. The summed E-state index contributed by atoms with van der Waals surface area (Å²) >= 11 is 0. The number of carbonyl (C=O) groups is 1. The Kier molecular flexibility index (Phi) is 3.80. The molecule has 0 bridgehead atoms. The summed E-state index contributed by atoms with van der Waals surface area (Å²) in [4.78, 5) is 14.0. The predicted molar refractivity (Wildman–Crippen MR) is 75.7 cm³/mol. The molecule has 110 valence electrons. The Balaban J connectivity index is 1.49. The molecule has 0 radical (unpaired) electrons. The quantitative estimate of drug-likeness (QED) is 0.846. The molecule has 0 aliphatic carbocycles. The minimum Gasteiger partial charge on any atom is -0.487 e. The van der Waals surface area contributed by atoms with Gasteiger partial charge in [0, 0.05) is 6.61 Å². The van der Waals surface area contributed by atoms with Gasteiger partial charge in [-0.15, -0.1) is 0 Å². The van der Waals surface area contributed by atoms with Gasteiger partial charge >= 0.3 is 0 Å². The fraction of sp³-hybridized carbons (Fsp3) is 0.500. The van der Waals surface area contributed by atoms with Gasteiger partial charge in [0.2, 0.25) is 0 Å². The number of benzene rings is 1. The van der Waals surface area contributed by atoms with Crippen molar-refractivity contribution < 1.29 is 14.3 Å². The van der Waals surface area contributed by atoms with Gasteiger partial charge in [0.15, 0.2) is 0 Å². The molecule has 2 fully saturated rings. The van der Waals surface area contributed by atoms with Gasteiger partial charge in [-0.1, -0.05) is 6.92 Å². The molecular formula is C16H18N2O3. The van der Waals surface area contributed by atoms with E-state index in [2.05, 4.69) is 13.0 Å². The highest BCUT2D eigenvalue weighted by atomic mass is 16.5. The van der Waals surface area contributed by atoms with Crippen LogP contribution in [0.1, 0.15) is 18.9 Å². The first-order valence-electron chi connectivity index (χ1n) is 7.24. The van der Waals surface area contributed by atoms with Crippen LogP contribution >= 0.6 is 0 Å². The molecule has 2 heterocycles. The molecule has 2 saturated heterocycles. The number of amides is 1. The number of nitriles is 1. The zero-order valence-electron chi connectivity index (χ0n) is 12.0. The van der Waals surface area contributed by atoms with Gasteiger partial charge in [0.1, 0.15) is 18.0 Å². The summed E-state index contributed by atoms with van der Waals surface area (Å²) < 4.78 is 11.3. The Morgan fingerprint density at radius 1 is 1.38 bits per heavy atom. The fourth-order valence-electron chi connectivity index (χ4n) is 2.68. The SMILES string of the molecule is C[C@@H]1CCO[C@@H]1C(=O)N1CC(Oc2ccc(C#N)cc2)C1. The molecule has 1 aromatic carbocycles. The van der Waals surface area contributed by atoms with Crippen molar-refractivity contribution in [2.24, 2.45) is 5.92 Å². The topological polar surface area (TPSA) is 62.6 Å². The van der Waals surface area contributed by atoms with Crippen LogP contribution in [-0.4, -0.2) is 42.7 Å². The van der Waals surface area contributed by atoms with Crippen LogP contribution in [0, 0.1) is 17.2 Å². The number of ether oxygens (including phenoxy) is 2. The Hall–Kier alpha value is -2.06. The smallest absolute Gasteiger partial charge is 0.252 e. The van der Waals surface area contributed by atoms with E-state index in [9.17, 15) is 4.79 Å². The molecule has 0 N–H and O–H groups in total. The minimum atomic E-state index is -0.277. The second kappa shape index (κ2) is 5.74. The van der Waals surface area contributed by atoms with Crippen LogP contribution in [0.3, 0.4) is 0 Å². The molecule has 0 saturated carbocycles. The molecule has 2 aliphatic heterocycles. The van der Waals surface area contributed by atoms with Gasteiger partial charge in [-0.2, -0.15) is 5.26 Å². The summed E-state index contributed by atoms with van der Waals surface area (Å²) in [5.41, 5.74) is 0.611. The number of carbonyl (C=O) groups excluding carboxylic acids is 1. The number of hydrogen-bond donors (Lipinski definition) is 0. The van der Waals surface area contributed by atoms with E-state index in [1.165, 1.54) is 0 Å². The van der Waals surface area contributed by atoms with Crippen LogP contribution in [0.4, 0.5) is 0 Å². The van der Waals surface area contributed by atoms with E-state index in [1.807, 2.05) is 0 Å². The molecule has 5 nitrogen and oxygen atoms in total. The second-order valence-electron chi connectivity index (χ2n) is 5.68. The van der Waals surface area contributed by atoms with Crippen LogP contribution in [0.15, 0.2) is 24.3 Å². The first kappa shape index (κ1) is 13.9. The molecular weight excluding hydrogens is 268 g/mol. The van der Waals surface area contributed by atoms with Crippen molar-refractivity contribution >= 4 is 5.91 Å². The maximum atomic E-state index is 12.2. The van der Waals surface area contributed by atoms with Crippen molar-refractivity contribution in [3.8, 4) is 11.8 Å². The Labute approximate surface area is 124 Å². The summed E-state index contributed by atoms with van der Waals surface area (Å²) in [7, 11) is 0. The highest BCUT2D eigenvalue weighted by Crippen LogP contribution is 2.25. The molecule has 3 rings (SSSR count). The lowest BCUT2D eigenvalue weighted by Crippen LogP contribution is -2.59. The van der Waals surface area contributed by atoms with E-state index < -0.39 is 0 Å². The normalized spacial score (nSPS) is 25.2. The monoisotopic (exact) mass is 286 g/mol. The Bertz CT molecular complexity index is 558. The average Bonchev–Trinajstić information content (AvgIpc) is 2.88. The van der Waals surface area contributed by atoms with Crippen LogP contribution in [0.5, 0.6) is 5.75 Å². The van der Waals surface area contributed by atoms with Crippen LogP contribution in [-0.2, 0) is 9.53 Å². The van der Waals surface area contributed by atoms with E-state index >= 15 is 0 Å². The maximum absolute atomic E-state index is 12.2. The van der Waals surface area contributed by atoms with E-state index in [-0.39, 0.29) is 18.1 Å². The van der Waals surface area contributed by atoms with Crippen molar-refractivity contribution in [2.75, 3.05) is 19.7 Å². The van der Waals surface area contributed by atoms with Crippen LogP contribution in [0.2, 0.25) is 0 Å².